The van der Waals surface area contributed by atoms with Crippen LogP contribution in [0.5, 0.6) is 5.75 Å². The average Bonchev–Trinajstić information content (AvgIpc) is 2.94. The molecule has 1 aliphatic rings. The molecule has 0 bridgehead atoms. The van der Waals surface area contributed by atoms with Gasteiger partial charge in [-0.2, -0.15) is 0 Å². The third-order valence-electron chi connectivity index (χ3n) is 3.74. The van der Waals surface area contributed by atoms with Crippen molar-refractivity contribution in [1.82, 2.24) is 4.98 Å². The van der Waals surface area contributed by atoms with Crippen molar-refractivity contribution in [2.75, 3.05) is 7.11 Å². The summed E-state index contributed by atoms with van der Waals surface area (Å²) >= 11 is 1.74. The van der Waals surface area contributed by atoms with Crippen molar-refractivity contribution < 1.29 is 4.74 Å². The van der Waals surface area contributed by atoms with E-state index in [0.29, 0.717) is 0 Å². The molecule has 2 N–H and O–H groups in total. The molecule has 1 aliphatic carbocycles. The zero-order valence-corrected chi connectivity index (χ0v) is 11.4. The zero-order valence-electron chi connectivity index (χ0n) is 10.6. The van der Waals surface area contributed by atoms with Gasteiger partial charge in [0.25, 0.3) is 0 Å². The lowest BCUT2D eigenvalue weighted by Gasteiger charge is -2.21. The molecule has 0 radical (unpaired) electrons. The highest BCUT2D eigenvalue weighted by Gasteiger charge is 2.30. The van der Waals surface area contributed by atoms with Gasteiger partial charge < -0.3 is 10.5 Å². The van der Waals surface area contributed by atoms with E-state index in [0.717, 1.165) is 35.5 Å². The molecule has 1 heterocycles. The SMILES string of the molecule is COc1ccc2nc(CC3(N)CCCC3)sc2c1. The zero-order chi connectivity index (χ0) is 12.6. The van der Waals surface area contributed by atoms with Crippen LogP contribution in [0.2, 0.25) is 0 Å². The van der Waals surface area contributed by atoms with Crippen LogP contribution < -0.4 is 10.5 Å². The van der Waals surface area contributed by atoms with Crippen LogP contribution in [-0.4, -0.2) is 17.6 Å². The fourth-order valence-corrected chi connectivity index (χ4v) is 3.86. The molecule has 3 nitrogen and oxygen atoms in total. The van der Waals surface area contributed by atoms with Crippen molar-refractivity contribution in [3.63, 3.8) is 0 Å². The van der Waals surface area contributed by atoms with Crippen molar-refractivity contribution in [2.45, 2.75) is 37.6 Å². The van der Waals surface area contributed by atoms with E-state index in [4.69, 9.17) is 10.5 Å². The molecule has 96 valence electrons. The highest BCUT2D eigenvalue weighted by molar-refractivity contribution is 7.18. The van der Waals surface area contributed by atoms with Crippen molar-refractivity contribution in [3.8, 4) is 5.75 Å². The fraction of sp³-hybridized carbons (Fsp3) is 0.500. The van der Waals surface area contributed by atoms with Crippen LogP contribution in [0.25, 0.3) is 10.2 Å². The normalized spacial score (nSPS) is 18.3. The molecule has 0 aliphatic heterocycles. The molecule has 0 saturated heterocycles. The van der Waals surface area contributed by atoms with E-state index in [1.54, 1.807) is 18.4 Å². The van der Waals surface area contributed by atoms with Gasteiger partial charge in [-0.3, -0.25) is 0 Å². The molecular formula is C14H18N2OS. The van der Waals surface area contributed by atoms with Gasteiger partial charge in [-0.1, -0.05) is 12.8 Å². The Hall–Kier alpha value is -1.13. The molecule has 2 aromatic rings. The first-order valence-electron chi connectivity index (χ1n) is 6.41. The fourth-order valence-electron chi connectivity index (χ4n) is 2.71. The Morgan fingerprint density at radius 2 is 2.17 bits per heavy atom. The Bertz CT molecular complexity index is 558. The number of nitrogens with two attached hydrogens (primary N) is 1. The van der Waals surface area contributed by atoms with Gasteiger partial charge in [0.15, 0.2) is 0 Å². The lowest BCUT2D eigenvalue weighted by molar-refractivity contribution is 0.415. The van der Waals surface area contributed by atoms with Crippen molar-refractivity contribution in [3.05, 3.63) is 23.2 Å². The number of fused-ring (bicyclic) bond motifs is 1. The largest absolute Gasteiger partial charge is 0.497 e. The second kappa shape index (κ2) is 4.52. The third-order valence-corrected chi connectivity index (χ3v) is 4.76. The predicted molar refractivity (Wildman–Crippen MR) is 75.3 cm³/mol. The van der Waals surface area contributed by atoms with Crippen LogP contribution >= 0.6 is 11.3 Å². The van der Waals surface area contributed by atoms with Gasteiger partial charge >= 0.3 is 0 Å². The molecule has 1 saturated carbocycles. The molecule has 0 amide bonds. The van der Waals surface area contributed by atoms with E-state index in [2.05, 4.69) is 4.98 Å². The molecule has 18 heavy (non-hydrogen) atoms. The Labute approximate surface area is 111 Å². The number of nitrogens with zero attached hydrogens (tertiary/aromatic N) is 1. The van der Waals surface area contributed by atoms with Crippen LogP contribution in [0.15, 0.2) is 18.2 Å². The summed E-state index contributed by atoms with van der Waals surface area (Å²) < 4.78 is 6.43. The van der Waals surface area contributed by atoms with Gasteiger partial charge in [0, 0.05) is 12.0 Å². The average molecular weight is 262 g/mol. The van der Waals surface area contributed by atoms with E-state index in [-0.39, 0.29) is 5.54 Å². The van der Waals surface area contributed by atoms with E-state index in [1.807, 2.05) is 18.2 Å². The van der Waals surface area contributed by atoms with Gasteiger partial charge in [-0.15, -0.1) is 11.3 Å². The molecular weight excluding hydrogens is 244 g/mol. The summed E-state index contributed by atoms with van der Waals surface area (Å²) in [6, 6.07) is 6.03. The summed E-state index contributed by atoms with van der Waals surface area (Å²) in [6.45, 7) is 0. The highest BCUT2D eigenvalue weighted by Crippen LogP contribution is 2.33. The summed E-state index contributed by atoms with van der Waals surface area (Å²) in [5.74, 6) is 0.890. The molecule has 0 unspecified atom stereocenters. The van der Waals surface area contributed by atoms with Gasteiger partial charge in [0.1, 0.15) is 5.75 Å². The standard InChI is InChI=1S/C14H18N2OS/c1-17-10-4-5-11-12(8-10)18-13(16-11)9-14(15)6-2-3-7-14/h4-5,8H,2-3,6-7,9,15H2,1H3. The van der Waals surface area contributed by atoms with E-state index < -0.39 is 0 Å². The van der Waals surface area contributed by atoms with E-state index in [9.17, 15) is 0 Å². The van der Waals surface area contributed by atoms with Crippen LogP contribution in [0.4, 0.5) is 0 Å². The van der Waals surface area contributed by atoms with Crippen molar-refractivity contribution >= 4 is 21.6 Å². The quantitative estimate of drug-likeness (QED) is 0.924. The summed E-state index contributed by atoms with van der Waals surface area (Å²) in [4.78, 5) is 4.68. The Kier molecular flexibility index (Phi) is 2.99. The predicted octanol–water partition coefficient (Wildman–Crippen LogP) is 3.12. The van der Waals surface area contributed by atoms with Gasteiger partial charge in [-0.25, -0.2) is 4.98 Å². The van der Waals surface area contributed by atoms with Crippen LogP contribution in [0, 0.1) is 0 Å². The Morgan fingerprint density at radius 1 is 1.39 bits per heavy atom. The minimum atomic E-state index is -0.0159. The number of rotatable bonds is 3. The number of hydrogen-bond acceptors (Lipinski definition) is 4. The maximum atomic E-state index is 6.41. The van der Waals surface area contributed by atoms with Gasteiger partial charge in [-0.05, 0) is 31.0 Å². The number of thiazole rings is 1. The van der Waals surface area contributed by atoms with Crippen LogP contribution in [0.1, 0.15) is 30.7 Å². The molecule has 3 rings (SSSR count). The smallest absolute Gasteiger partial charge is 0.120 e. The maximum Gasteiger partial charge on any atom is 0.120 e. The first-order valence-corrected chi connectivity index (χ1v) is 7.23. The summed E-state index contributed by atoms with van der Waals surface area (Å²) in [5.41, 5.74) is 7.45. The lowest BCUT2D eigenvalue weighted by atomic mass is 9.95. The Balaban J connectivity index is 1.88. The second-order valence-electron chi connectivity index (χ2n) is 5.19. The summed E-state index contributed by atoms with van der Waals surface area (Å²) in [7, 11) is 1.69. The molecule has 0 spiro atoms. The van der Waals surface area contributed by atoms with Crippen molar-refractivity contribution in [2.24, 2.45) is 5.73 Å². The second-order valence-corrected chi connectivity index (χ2v) is 6.30. The number of benzene rings is 1. The minimum absolute atomic E-state index is 0.0159. The molecule has 4 heteroatoms. The minimum Gasteiger partial charge on any atom is -0.497 e. The van der Waals surface area contributed by atoms with Gasteiger partial charge in [0.2, 0.25) is 0 Å². The maximum absolute atomic E-state index is 6.41. The molecule has 1 fully saturated rings. The topological polar surface area (TPSA) is 48.1 Å². The van der Waals surface area contributed by atoms with Gasteiger partial charge in [0.05, 0.1) is 22.3 Å². The first-order chi connectivity index (χ1) is 8.68. The Morgan fingerprint density at radius 3 is 2.89 bits per heavy atom. The number of hydrogen-bond donors (Lipinski definition) is 1. The lowest BCUT2D eigenvalue weighted by Crippen LogP contribution is -2.38. The first kappa shape index (κ1) is 11.9. The highest BCUT2D eigenvalue weighted by atomic mass is 32.1. The number of ether oxygens (including phenoxy) is 1. The van der Waals surface area contributed by atoms with Crippen molar-refractivity contribution in [1.29, 1.82) is 0 Å². The monoisotopic (exact) mass is 262 g/mol. The summed E-state index contributed by atoms with van der Waals surface area (Å²) in [5, 5.41) is 1.16. The summed E-state index contributed by atoms with van der Waals surface area (Å²) in [6.07, 6.45) is 5.69. The molecule has 1 aromatic carbocycles. The molecule has 0 atom stereocenters. The molecule has 1 aromatic heterocycles. The third kappa shape index (κ3) is 2.22. The number of methoxy groups -OCH3 is 1. The van der Waals surface area contributed by atoms with E-state index >= 15 is 0 Å². The van der Waals surface area contributed by atoms with Crippen LogP contribution in [0.3, 0.4) is 0 Å². The van der Waals surface area contributed by atoms with E-state index in [1.165, 1.54) is 17.5 Å². The number of aromatic nitrogens is 1. The van der Waals surface area contributed by atoms with Crippen LogP contribution in [-0.2, 0) is 6.42 Å².